The molecule has 10 heteroatoms. The first-order chi connectivity index (χ1) is 19.8. The van der Waals surface area contributed by atoms with Gasteiger partial charge in [-0.2, -0.15) is 13.2 Å². The van der Waals surface area contributed by atoms with Crippen molar-refractivity contribution in [3.8, 4) is 11.3 Å². The summed E-state index contributed by atoms with van der Waals surface area (Å²) in [6.07, 6.45) is -1.03. The van der Waals surface area contributed by atoms with Crippen molar-refractivity contribution in [3.63, 3.8) is 0 Å². The number of halogens is 3. The second kappa shape index (κ2) is 12.7. The third-order valence-electron chi connectivity index (χ3n) is 6.43. The highest BCUT2D eigenvalue weighted by atomic mass is 19.4. The number of aromatic nitrogens is 3. The Bertz CT molecular complexity index is 1550. The van der Waals surface area contributed by atoms with Crippen LogP contribution in [0, 0.1) is 0 Å². The van der Waals surface area contributed by atoms with Crippen LogP contribution < -0.4 is 5.32 Å². The lowest BCUT2D eigenvalue weighted by Crippen LogP contribution is -2.27. The van der Waals surface area contributed by atoms with E-state index in [0.717, 1.165) is 17.8 Å². The van der Waals surface area contributed by atoms with E-state index in [1.807, 2.05) is 19.1 Å². The monoisotopic (exact) mass is 578 g/mol. The number of carbonyl (C=O) groups is 2. The Labute approximate surface area is 242 Å². The predicted molar refractivity (Wildman–Crippen MR) is 153 cm³/mol. The second-order valence-corrected chi connectivity index (χ2v) is 11.0. The van der Waals surface area contributed by atoms with E-state index >= 15 is 0 Å². The molecule has 0 bridgehead atoms. The number of carbonyl (C=O) groups excluding carboxylic acids is 2. The number of hydrogen-bond acceptors (Lipinski definition) is 6. The number of aryl methyl sites for hydroxylation is 1. The van der Waals surface area contributed by atoms with Crippen LogP contribution >= 0.6 is 0 Å². The molecule has 4 aromatic rings. The molecule has 0 aliphatic rings. The lowest BCUT2D eigenvalue weighted by molar-refractivity contribution is -0.155. The van der Waals surface area contributed by atoms with E-state index in [1.54, 1.807) is 51.2 Å². The summed E-state index contributed by atoms with van der Waals surface area (Å²) in [5.41, 5.74) is 2.26. The molecule has 0 saturated heterocycles. The number of pyridine rings is 1. The van der Waals surface area contributed by atoms with Gasteiger partial charge in [0.1, 0.15) is 5.60 Å². The summed E-state index contributed by atoms with van der Waals surface area (Å²) >= 11 is 0. The van der Waals surface area contributed by atoms with Crippen molar-refractivity contribution >= 4 is 22.9 Å². The van der Waals surface area contributed by atoms with Gasteiger partial charge in [0.25, 0.3) is 5.91 Å². The maximum absolute atomic E-state index is 13.2. The Morgan fingerprint density at radius 1 is 0.929 bits per heavy atom. The summed E-state index contributed by atoms with van der Waals surface area (Å²) in [4.78, 5) is 38.9. The molecule has 0 aliphatic heterocycles. The lowest BCUT2D eigenvalue weighted by atomic mass is 10.0. The van der Waals surface area contributed by atoms with Crippen LogP contribution in [-0.2, 0) is 22.1 Å². The third-order valence-corrected chi connectivity index (χ3v) is 6.43. The average molecular weight is 579 g/mol. The maximum atomic E-state index is 13.2. The van der Waals surface area contributed by atoms with Gasteiger partial charge in [-0.1, -0.05) is 18.2 Å². The van der Waals surface area contributed by atoms with Crippen molar-refractivity contribution in [3.05, 3.63) is 89.4 Å². The van der Waals surface area contributed by atoms with Crippen molar-refractivity contribution in [2.75, 3.05) is 0 Å². The van der Waals surface area contributed by atoms with Crippen LogP contribution in [0.15, 0.2) is 66.9 Å². The number of rotatable bonds is 9. The summed E-state index contributed by atoms with van der Waals surface area (Å²) < 4.78 is 44.8. The number of ether oxygens (including phenoxy) is 1. The zero-order valence-corrected chi connectivity index (χ0v) is 24.0. The topological polar surface area (TPSA) is 94.1 Å². The molecular formula is C32H33F3N4O3. The number of benzene rings is 2. The fraction of sp³-hybridized carbons (Fsp3) is 0.344. The van der Waals surface area contributed by atoms with Gasteiger partial charge in [0.15, 0.2) is 0 Å². The van der Waals surface area contributed by atoms with E-state index in [9.17, 15) is 22.8 Å². The van der Waals surface area contributed by atoms with E-state index < -0.39 is 17.3 Å². The average Bonchev–Trinajstić information content (AvgIpc) is 2.93. The molecule has 1 N–H and O–H groups in total. The molecular weight excluding hydrogens is 545 g/mol. The van der Waals surface area contributed by atoms with Crippen LogP contribution in [0.5, 0.6) is 0 Å². The lowest BCUT2D eigenvalue weighted by Gasteiger charge is -2.19. The van der Waals surface area contributed by atoms with E-state index in [4.69, 9.17) is 14.7 Å². The Hall–Kier alpha value is -4.34. The molecule has 0 spiro atoms. The molecule has 42 heavy (non-hydrogen) atoms. The van der Waals surface area contributed by atoms with Crippen LogP contribution in [0.2, 0.25) is 0 Å². The number of esters is 1. The first kappa shape index (κ1) is 30.6. The quantitative estimate of drug-likeness (QED) is 0.166. The molecule has 220 valence electrons. The van der Waals surface area contributed by atoms with Crippen molar-refractivity contribution in [1.29, 1.82) is 0 Å². The SMILES string of the molecule is CC(NC(=O)c1ccc2nc(-c3ccc(C(F)(F)F)cc3)c(CCCCC(=O)OC(C)(C)C)nc2c1)c1ccccn1. The Kier molecular flexibility index (Phi) is 9.23. The zero-order valence-electron chi connectivity index (χ0n) is 24.0. The molecule has 4 rings (SSSR count). The van der Waals surface area contributed by atoms with Crippen LogP contribution in [0.25, 0.3) is 22.3 Å². The molecule has 2 aromatic heterocycles. The fourth-order valence-corrected chi connectivity index (χ4v) is 4.39. The molecule has 2 aromatic carbocycles. The number of nitrogens with one attached hydrogen (secondary N) is 1. The Morgan fingerprint density at radius 2 is 1.67 bits per heavy atom. The van der Waals surface area contributed by atoms with Gasteiger partial charge in [0.2, 0.25) is 0 Å². The standard InChI is InChI=1S/C32H33F3N4O3/c1-20(24-9-7-8-18-36-24)37-30(41)22-14-17-25-27(19-22)38-26(10-5-6-11-28(40)42-31(2,3)4)29(39-25)21-12-15-23(16-13-21)32(33,34)35/h7-9,12-20H,5-6,10-11H2,1-4H3,(H,37,41). The Balaban J connectivity index is 1.60. The van der Waals surface area contributed by atoms with Crippen molar-refractivity contribution in [1.82, 2.24) is 20.3 Å². The summed E-state index contributed by atoms with van der Waals surface area (Å²) in [5.74, 6) is -0.603. The normalized spacial score (nSPS) is 12.6. The minimum Gasteiger partial charge on any atom is -0.460 e. The predicted octanol–water partition coefficient (Wildman–Crippen LogP) is 7.26. The number of amides is 1. The molecule has 1 unspecified atom stereocenters. The minimum atomic E-state index is -4.46. The number of fused-ring (bicyclic) bond motifs is 1. The molecule has 0 fully saturated rings. The number of unbranched alkanes of at least 4 members (excludes halogenated alkanes) is 1. The number of alkyl halides is 3. The molecule has 1 atom stereocenters. The van der Waals surface area contributed by atoms with Crippen LogP contribution in [0.1, 0.15) is 80.3 Å². The van der Waals surface area contributed by atoms with Crippen LogP contribution in [-0.4, -0.2) is 32.4 Å². The zero-order chi connectivity index (χ0) is 30.5. The Morgan fingerprint density at radius 3 is 2.31 bits per heavy atom. The summed E-state index contributed by atoms with van der Waals surface area (Å²) in [6, 6.07) is 14.9. The largest absolute Gasteiger partial charge is 0.460 e. The summed E-state index contributed by atoms with van der Waals surface area (Å²) in [5, 5.41) is 2.93. The highest BCUT2D eigenvalue weighted by Gasteiger charge is 2.30. The molecule has 2 heterocycles. The maximum Gasteiger partial charge on any atom is 0.416 e. The molecule has 0 saturated carbocycles. The fourth-order valence-electron chi connectivity index (χ4n) is 4.39. The molecule has 1 amide bonds. The number of hydrogen-bond donors (Lipinski definition) is 1. The van der Waals surface area contributed by atoms with Gasteiger partial charge in [0.05, 0.1) is 39.7 Å². The third kappa shape index (κ3) is 8.11. The molecule has 7 nitrogen and oxygen atoms in total. The molecule has 0 radical (unpaired) electrons. The number of nitrogens with zero attached hydrogens (tertiary/aromatic N) is 3. The van der Waals surface area contributed by atoms with Crippen LogP contribution in [0.3, 0.4) is 0 Å². The van der Waals surface area contributed by atoms with Gasteiger partial charge >= 0.3 is 12.1 Å². The van der Waals surface area contributed by atoms with Gasteiger partial charge in [-0.25, -0.2) is 9.97 Å². The highest BCUT2D eigenvalue weighted by Crippen LogP contribution is 2.32. The molecule has 0 aliphatic carbocycles. The van der Waals surface area contributed by atoms with Crippen LogP contribution in [0.4, 0.5) is 13.2 Å². The van der Waals surface area contributed by atoms with E-state index in [1.165, 1.54) is 12.1 Å². The van der Waals surface area contributed by atoms with Crippen molar-refractivity contribution in [2.45, 2.75) is 71.2 Å². The summed E-state index contributed by atoms with van der Waals surface area (Å²) in [7, 11) is 0. The van der Waals surface area contributed by atoms with Gasteiger partial charge in [-0.3, -0.25) is 14.6 Å². The smallest absolute Gasteiger partial charge is 0.416 e. The van der Waals surface area contributed by atoms with Gasteiger partial charge in [-0.05, 0) is 89.4 Å². The van der Waals surface area contributed by atoms with Gasteiger partial charge in [-0.15, -0.1) is 0 Å². The van der Waals surface area contributed by atoms with E-state index in [2.05, 4.69) is 10.3 Å². The first-order valence-electron chi connectivity index (χ1n) is 13.7. The van der Waals surface area contributed by atoms with Crippen molar-refractivity contribution < 1.29 is 27.5 Å². The minimum absolute atomic E-state index is 0.229. The van der Waals surface area contributed by atoms with Crippen molar-refractivity contribution in [2.24, 2.45) is 0 Å². The van der Waals surface area contributed by atoms with Gasteiger partial charge < -0.3 is 10.1 Å². The first-order valence-corrected chi connectivity index (χ1v) is 13.7. The van der Waals surface area contributed by atoms with E-state index in [-0.39, 0.29) is 24.3 Å². The second-order valence-electron chi connectivity index (χ2n) is 11.0. The summed E-state index contributed by atoms with van der Waals surface area (Å²) in [6.45, 7) is 7.26. The van der Waals surface area contributed by atoms with Gasteiger partial charge in [0, 0.05) is 23.7 Å². The highest BCUT2D eigenvalue weighted by molar-refractivity contribution is 5.97. The van der Waals surface area contributed by atoms with E-state index in [0.29, 0.717) is 52.8 Å².